The van der Waals surface area contributed by atoms with Crippen molar-refractivity contribution in [1.29, 1.82) is 0 Å². The molecule has 0 aliphatic carbocycles. The molecule has 0 bridgehead atoms. The van der Waals surface area contributed by atoms with Crippen molar-refractivity contribution < 1.29 is 34.2 Å². The number of aromatic nitrogens is 3. The number of nitrogens with two attached hydrogens (primary N) is 1. The first-order valence-electron chi connectivity index (χ1n) is 13.1. The number of carbonyl (C=O) groups excluding carboxylic acids is 3. The third kappa shape index (κ3) is 8.38. The van der Waals surface area contributed by atoms with Crippen LogP contribution in [-0.4, -0.2) is 79.0 Å². The second-order valence-electron chi connectivity index (χ2n) is 9.88. The van der Waals surface area contributed by atoms with E-state index >= 15 is 0 Å². The van der Waals surface area contributed by atoms with Crippen LogP contribution in [0.15, 0.2) is 43.0 Å². The highest BCUT2D eigenvalue weighted by atomic mass is 16.4. The van der Waals surface area contributed by atoms with Gasteiger partial charge in [-0.25, -0.2) is 9.78 Å². The summed E-state index contributed by atoms with van der Waals surface area (Å²) in [6, 6.07) is 2.40. The molecule has 0 fully saturated rings. The van der Waals surface area contributed by atoms with E-state index in [2.05, 4.69) is 30.9 Å². The summed E-state index contributed by atoms with van der Waals surface area (Å²) in [5.41, 5.74) is 8.33. The molecule has 5 atom stereocenters. The lowest BCUT2D eigenvalue weighted by molar-refractivity contribution is -0.143. The average molecular weight is 570 g/mol. The lowest BCUT2D eigenvalue weighted by Gasteiger charge is -2.27. The van der Waals surface area contributed by atoms with Gasteiger partial charge in [0, 0.05) is 35.4 Å². The number of amides is 3. The number of H-pyrrole nitrogens is 2. The smallest absolute Gasteiger partial charge is 0.326 e. The molecule has 5 unspecified atom stereocenters. The average Bonchev–Trinajstić information content (AvgIpc) is 3.60. The Balaban J connectivity index is 1.70. The third-order valence-corrected chi connectivity index (χ3v) is 6.85. The number of rotatable bonds is 15. The van der Waals surface area contributed by atoms with Crippen molar-refractivity contribution in [3.05, 3.63) is 54.2 Å². The highest BCUT2D eigenvalue weighted by Crippen LogP contribution is 2.19. The van der Waals surface area contributed by atoms with Crippen molar-refractivity contribution in [3.63, 3.8) is 0 Å². The van der Waals surface area contributed by atoms with E-state index in [4.69, 9.17) is 5.73 Å². The van der Waals surface area contributed by atoms with Gasteiger partial charge in [0.05, 0.1) is 18.8 Å². The third-order valence-electron chi connectivity index (χ3n) is 6.85. The Morgan fingerprint density at radius 1 is 0.951 bits per heavy atom. The molecule has 14 nitrogen and oxygen atoms in total. The van der Waals surface area contributed by atoms with Crippen molar-refractivity contribution in [2.45, 2.75) is 63.7 Å². The van der Waals surface area contributed by atoms with Crippen LogP contribution in [-0.2, 0) is 36.8 Å². The molecular formula is C27H35N7O7. The summed E-state index contributed by atoms with van der Waals surface area (Å²) < 4.78 is 0. The maximum absolute atomic E-state index is 13.3. The number of fused-ring (bicyclic) bond motifs is 1. The highest BCUT2D eigenvalue weighted by Gasteiger charge is 2.33. The second-order valence-corrected chi connectivity index (χ2v) is 9.88. The highest BCUT2D eigenvalue weighted by molar-refractivity contribution is 5.96. The van der Waals surface area contributed by atoms with Gasteiger partial charge in [0.15, 0.2) is 0 Å². The molecule has 0 radical (unpaired) electrons. The minimum absolute atomic E-state index is 0.144. The largest absolute Gasteiger partial charge is 0.481 e. The zero-order valence-corrected chi connectivity index (χ0v) is 22.7. The minimum Gasteiger partial charge on any atom is -0.481 e. The number of carboxylic acids is 2. The molecule has 0 aliphatic heterocycles. The van der Waals surface area contributed by atoms with E-state index in [1.807, 2.05) is 24.3 Å². The maximum atomic E-state index is 13.3. The van der Waals surface area contributed by atoms with Crippen LogP contribution in [0.25, 0.3) is 10.9 Å². The van der Waals surface area contributed by atoms with E-state index < -0.39 is 66.2 Å². The zero-order valence-electron chi connectivity index (χ0n) is 22.7. The van der Waals surface area contributed by atoms with Crippen LogP contribution >= 0.6 is 0 Å². The molecule has 0 aliphatic rings. The van der Waals surface area contributed by atoms with E-state index in [1.165, 1.54) is 12.5 Å². The second kappa shape index (κ2) is 14.1. The molecule has 0 saturated carbocycles. The number of aromatic amines is 2. The summed E-state index contributed by atoms with van der Waals surface area (Å²) in [4.78, 5) is 72.1. The van der Waals surface area contributed by atoms with Gasteiger partial charge < -0.3 is 41.9 Å². The molecule has 3 amide bonds. The number of nitrogens with one attached hydrogen (secondary N) is 5. The quantitative estimate of drug-likeness (QED) is 0.123. The Kier molecular flexibility index (Phi) is 10.6. The van der Waals surface area contributed by atoms with E-state index in [0.717, 1.165) is 16.5 Å². The molecule has 14 heteroatoms. The van der Waals surface area contributed by atoms with Gasteiger partial charge in [0.1, 0.15) is 18.1 Å². The summed E-state index contributed by atoms with van der Waals surface area (Å²) in [6.07, 6.45) is 4.21. The molecule has 0 spiro atoms. The Morgan fingerprint density at radius 2 is 1.66 bits per heavy atom. The van der Waals surface area contributed by atoms with Crippen molar-refractivity contribution in [3.8, 4) is 0 Å². The molecule has 9 N–H and O–H groups in total. The Labute approximate surface area is 235 Å². The monoisotopic (exact) mass is 569 g/mol. The minimum atomic E-state index is -1.60. The molecular weight excluding hydrogens is 534 g/mol. The van der Waals surface area contributed by atoms with Gasteiger partial charge in [-0.05, 0) is 24.0 Å². The lowest BCUT2D eigenvalue weighted by atomic mass is 9.96. The van der Waals surface area contributed by atoms with Crippen LogP contribution in [0.3, 0.4) is 0 Å². The number of hydrogen-bond acceptors (Lipinski definition) is 7. The molecule has 2 aromatic heterocycles. The number of para-hydroxylation sites is 1. The van der Waals surface area contributed by atoms with Crippen LogP contribution < -0.4 is 21.7 Å². The van der Waals surface area contributed by atoms with Gasteiger partial charge in [-0.3, -0.25) is 19.2 Å². The molecule has 3 rings (SSSR count). The fraction of sp³-hybridized carbons (Fsp3) is 0.407. The Bertz CT molecular complexity index is 1370. The number of carbonyl (C=O) groups is 5. The lowest BCUT2D eigenvalue weighted by Crippen LogP contribution is -2.59. The Morgan fingerprint density at radius 3 is 2.29 bits per heavy atom. The molecule has 41 heavy (non-hydrogen) atoms. The Hall–Kier alpha value is -4.72. The topological polar surface area (TPSA) is 232 Å². The fourth-order valence-corrected chi connectivity index (χ4v) is 4.33. The summed E-state index contributed by atoms with van der Waals surface area (Å²) in [5, 5.41) is 27.1. The SMILES string of the molecule is CCC(C)C(NC(=O)C(N)Cc1c[nH]c2ccccc12)C(=O)NC(CC(=O)O)C(=O)NC(Cc1cnc[nH]1)C(=O)O. The number of hydrogen-bond donors (Lipinski definition) is 8. The van der Waals surface area contributed by atoms with Crippen LogP contribution in [0.2, 0.25) is 0 Å². The predicted octanol–water partition coefficient (Wildman–Crippen LogP) is 0.0633. The number of imidazole rings is 1. The fourth-order valence-electron chi connectivity index (χ4n) is 4.33. The summed E-state index contributed by atoms with van der Waals surface area (Å²) >= 11 is 0. The van der Waals surface area contributed by atoms with Gasteiger partial charge in [-0.1, -0.05) is 38.5 Å². The standard InChI is InChI=1S/C27H35N7O7/c1-3-14(2)23(34-24(37)18(28)8-15-11-30-19-7-5-4-6-17(15)19)26(39)32-20(10-22(35)36)25(38)33-21(27(40)41)9-16-12-29-13-31-16/h4-7,11-14,18,20-21,23,30H,3,8-10,28H2,1-2H3,(H,29,31)(H,32,39)(H,33,38)(H,34,37)(H,35,36)(H,40,41). The summed E-state index contributed by atoms with van der Waals surface area (Å²) in [5.74, 6) is -5.55. The first-order valence-corrected chi connectivity index (χ1v) is 13.1. The number of aliphatic carboxylic acids is 2. The van der Waals surface area contributed by atoms with Crippen molar-refractivity contribution >= 4 is 40.6 Å². The van der Waals surface area contributed by atoms with Gasteiger partial charge in [0.2, 0.25) is 17.7 Å². The van der Waals surface area contributed by atoms with Crippen molar-refractivity contribution in [2.75, 3.05) is 0 Å². The van der Waals surface area contributed by atoms with Gasteiger partial charge in [0.25, 0.3) is 0 Å². The van der Waals surface area contributed by atoms with Gasteiger partial charge in [-0.2, -0.15) is 0 Å². The van der Waals surface area contributed by atoms with Crippen molar-refractivity contribution in [2.24, 2.45) is 11.7 Å². The maximum Gasteiger partial charge on any atom is 0.326 e. The first kappa shape index (κ1) is 30.8. The van der Waals surface area contributed by atoms with Gasteiger partial charge >= 0.3 is 11.9 Å². The van der Waals surface area contributed by atoms with Crippen LogP contribution in [0.5, 0.6) is 0 Å². The molecule has 3 aromatic rings. The zero-order chi connectivity index (χ0) is 30.1. The summed E-state index contributed by atoms with van der Waals surface area (Å²) in [7, 11) is 0. The normalized spacial score (nSPS) is 14.8. The first-order chi connectivity index (χ1) is 19.5. The van der Waals surface area contributed by atoms with E-state index in [-0.39, 0.29) is 12.8 Å². The van der Waals surface area contributed by atoms with Crippen LogP contribution in [0.1, 0.15) is 37.9 Å². The van der Waals surface area contributed by atoms with Gasteiger partial charge in [-0.15, -0.1) is 0 Å². The van der Waals surface area contributed by atoms with Crippen LogP contribution in [0, 0.1) is 5.92 Å². The molecule has 1 aromatic carbocycles. The number of carboxylic acid groups (broad SMARTS) is 2. The van der Waals surface area contributed by atoms with E-state index in [9.17, 15) is 34.2 Å². The number of nitrogens with zero attached hydrogens (tertiary/aromatic N) is 1. The van der Waals surface area contributed by atoms with E-state index in [1.54, 1.807) is 20.0 Å². The van der Waals surface area contributed by atoms with Crippen molar-refractivity contribution in [1.82, 2.24) is 30.9 Å². The number of benzene rings is 1. The van der Waals surface area contributed by atoms with E-state index in [0.29, 0.717) is 12.1 Å². The molecule has 220 valence electrons. The molecule has 2 heterocycles. The summed E-state index contributed by atoms with van der Waals surface area (Å²) in [6.45, 7) is 3.52. The predicted molar refractivity (Wildman–Crippen MR) is 147 cm³/mol. The van der Waals surface area contributed by atoms with Crippen LogP contribution in [0.4, 0.5) is 0 Å². The molecule has 0 saturated heterocycles.